The number of nitrogens with two attached hydrogens (primary N) is 1. The van der Waals surface area contributed by atoms with Crippen LogP contribution >= 0.6 is 0 Å². The molecule has 0 aliphatic heterocycles. The molecule has 1 aromatic carbocycles. The molecule has 0 saturated heterocycles. The number of nitrogens with one attached hydrogen (secondary N) is 1. The maximum atomic E-state index is 11.9. The van der Waals surface area contributed by atoms with Gasteiger partial charge in [0.2, 0.25) is 5.88 Å². The van der Waals surface area contributed by atoms with Crippen molar-refractivity contribution in [2.45, 2.75) is 13.8 Å². The number of rotatable bonds is 6. The molecule has 25 heavy (non-hydrogen) atoms. The molecule has 2 rings (SSSR count). The molecule has 9 heteroatoms. The number of nitrogen functional groups attached to an aromatic ring is 1. The van der Waals surface area contributed by atoms with Gasteiger partial charge in [-0.25, -0.2) is 9.59 Å². The van der Waals surface area contributed by atoms with E-state index in [4.69, 9.17) is 15.2 Å². The van der Waals surface area contributed by atoms with Crippen molar-refractivity contribution in [3.05, 3.63) is 41.1 Å². The first-order chi connectivity index (χ1) is 11.9. The predicted molar refractivity (Wildman–Crippen MR) is 87.0 cm³/mol. The lowest BCUT2D eigenvalue weighted by Crippen LogP contribution is -2.21. The van der Waals surface area contributed by atoms with Crippen LogP contribution in [0.15, 0.2) is 28.8 Å². The van der Waals surface area contributed by atoms with Gasteiger partial charge in [0.25, 0.3) is 5.91 Å². The summed E-state index contributed by atoms with van der Waals surface area (Å²) in [5, 5.41) is 6.06. The molecule has 0 bridgehead atoms. The number of aromatic nitrogens is 1. The Morgan fingerprint density at radius 2 is 1.84 bits per heavy atom. The highest BCUT2D eigenvalue weighted by atomic mass is 16.5. The average Bonchev–Trinajstić information content (AvgIpc) is 2.92. The molecule has 0 radical (unpaired) electrons. The smallest absolute Gasteiger partial charge is 0.346 e. The number of hydrogen-bond donors (Lipinski definition) is 2. The van der Waals surface area contributed by atoms with Crippen molar-refractivity contribution in [3.63, 3.8) is 0 Å². The largest absolute Gasteiger partial charge is 0.462 e. The van der Waals surface area contributed by atoms with E-state index in [1.807, 2.05) is 0 Å². The van der Waals surface area contributed by atoms with Gasteiger partial charge in [-0.15, -0.1) is 0 Å². The number of carbonyl (C=O) groups excluding carboxylic acids is 3. The normalized spacial score (nSPS) is 10.2. The van der Waals surface area contributed by atoms with Crippen LogP contribution in [0.5, 0.6) is 0 Å². The molecule has 2 aromatic rings. The Morgan fingerprint density at radius 3 is 2.40 bits per heavy atom. The summed E-state index contributed by atoms with van der Waals surface area (Å²) in [7, 11) is 0. The summed E-state index contributed by atoms with van der Waals surface area (Å²) in [6.07, 6.45) is 0. The number of esters is 2. The Labute approximate surface area is 143 Å². The minimum Gasteiger partial charge on any atom is -0.462 e. The van der Waals surface area contributed by atoms with E-state index >= 15 is 0 Å². The van der Waals surface area contributed by atoms with Crippen molar-refractivity contribution >= 4 is 29.4 Å². The molecule has 132 valence electrons. The standard InChI is InChI=1S/C16H17N3O6/c1-3-23-15(21)10-4-6-11(7-5-10)18-12(20)8-24-16(22)13-9(2)19-25-14(13)17/h4-7H,3,8,17H2,1-2H3,(H,18,20). The van der Waals surface area contributed by atoms with Crippen LogP contribution in [0, 0.1) is 6.92 Å². The summed E-state index contributed by atoms with van der Waals surface area (Å²) in [5.41, 5.74) is 6.54. The van der Waals surface area contributed by atoms with Gasteiger partial charge in [0.1, 0.15) is 5.56 Å². The number of nitrogens with zero attached hydrogens (tertiary/aromatic N) is 1. The van der Waals surface area contributed by atoms with Crippen molar-refractivity contribution < 1.29 is 28.4 Å². The summed E-state index contributed by atoms with van der Waals surface area (Å²) in [5.74, 6) is -1.97. The molecular formula is C16H17N3O6. The van der Waals surface area contributed by atoms with Crippen molar-refractivity contribution in [2.75, 3.05) is 24.3 Å². The van der Waals surface area contributed by atoms with E-state index < -0.39 is 24.5 Å². The molecule has 0 aliphatic rings. The van der Waals surface area contributed by atoms with E-state index in [1.54, 1.807) is 6.92 Å². The zero-order valence-electron chi connectivity index (χ0n) is 13.7. The summed E-state index contributed by atoms with van der Waals surface area (Å²) in [6, 6.07) is 6.10. The third kappa shape index (κ3) is 4.56. The van der Waals surface area contributed by atoms with Gasteiger partial charge in [0, 0.05) is 5.69 Å². The third-order valence-corrected chi connectivity index (χ3v) is 3.11. The van der Waals surface area contributed by atoms with Gasteiger partial charge in [-0.3, -0.25) is 4.79 Å². The fourth-order valence-electron chi connectivity index (χ4n) is 1.94. The summed E-state index contributed by atoms with van der Waals surface area (Å²) >= 11 is 0. The van der Waals surface area contributed by atoms with Gasteiger partial charge in [-0.2, -0.15) is 0 Å². The molecule has 1 heterocycles. The highest BCUT2D eigenvalue weighted by molar-refractivity contribution is 5.98. The van der Waals surface area contributed by atoms with Gasteiger partial charge < -0.3 is 25.0 Å². The van der Waals surface area contributed by atoms with Crippen LogP contribution in [-0.4, -0.2) is 36.2 Å². The van der Waals surface area contributed by atoms with E-state index in [2.05, 4.69) is 15.0 Å². The molecule has 0 aliphatic carbocycles. The topological polar surface area (TPSA) is 134 Å². The Balaban J connectivity index is 1.88. The number of ether oxygens (including phenoxy) is 2. The first kappa shape index (κ1) is 18.0. The first-order valence-corrected chi connectivity index (χ1v) is 7.38. The summed E-state index contributed by atoms with van der Waals surface area (Å²) < 4.78 is 14.4. The lowest BCUT2D eigenvalue weighted by Gasteiger charge is -2.07. The van der Waals surface area contributed by atoms with Crippen LogP contribution in [0.1, 0.15) is 33.3 Å². The van der Waals surface area contributed by atoms with Gasteiger partial charge >= 0.3 is 11.9 Å². The van der Waals surface area contributed by atoms with Crippen molar-refractivity contribution in [1.29, 1.82) is 0 Å². The van der Waals surface area contributed by atoms with Crippen molar-refractivity contribution in [3.8, 4) is 0 Å². The highest BCUT2D eigenvalue weighted by Gasteiger charge is 2.20. The molecule has 9 nitrogen and oxygen atoms in total. The lowest BCUT2D eigenvalue weighted by atomic mass is 10.2. The van der Waals surface area contributed by atoms with E-state index in [9.17, 15) is 14.4 Å². The van der Waals surface area contributed by atoms with E-state index in [1.165, 1.54) is 31.2 Å². The minimum atomic E-state index is -0.802. The van der Waals surface area contributed by atoms with Crippen molar-refractivity contribution in [2.24, 2.45) is 0 Å². The summed E-state index contributed by atoms with van der Waals surface area (Å²) in [6.45, 7) is 3.01. The van der Waals surface area contributed by atoms with E-state index in [-0.39, 0.29) is 23.7 Å². The molecular weight excluding hydrogens is 330 g/mol. The number of aryl methyl sites for hydroxylation is 1. The minimum absolute atomic E-state index is 0.00779. The maximum absolute atomic E-state index is 11.9. The molecule has 0 unspecified atom stereocenters. The Hall–Kier alpha value is -3.36. The summed E-state index contributed by atoms with van der Waals surface area (Å²) in [4.78, 5) is 35.2. The molecule has 0 fully saturated rings. The van der Waals surface area contributed by atoms with Crippen LogP contribution < -0.4 is 11.1 Å². The quantitative estimate of drug-likeness (QED) is 0.752. The fourth-order valence-corrected chi connectivity index (χ4v) is 1.94. The second kappa shape index (κ2) is 7.95. The number of anilines is 2. The number of hydrogen-bond acceptors (Lipinski definition) is 8. The molecule has 0 spiro atoms. The molecule has 0 atom stereocenters. The van der Waals surface area contributed by atoms with Gasteiger partial charge in [-0.1, -0.05) is 5.16 Å². The number of carbonyl (C=O) groups is 3. The maximum Gasteiger partial charge on any atom is 0.346 e. The third-order valence-electron chi connectivity index (χ3n) is 3.11. The number of benzene rings is 1. The van der Waals surface area contributed by atoms with Crippen LogP contribution in [0.3, 0.4) is 0 Å². The Kier molecular flexibility index (Phi) is 5.72. The zero-order valence-corrected chi connectivity index (χ0v) is 13.7. The van der Waals surface area contributed by atoms with E-state index in [0.29, 0.717) is 11.3 Å². The second-order valence-corrected chi connectivity index (χ2v) is 4.93. The second-order valence-electron chi connectivity index (χ2n) is 4.93. The van der Waals surface area contributed by atoms with Gasteiger partial charge in [0.15, 0.2) is 6.61 Å². The van der Waals surface area contributed by atoms with Crippen molar-refractivity contribution in [1.82, 2.24) is 5.16 Å². The van der Waals surface area contributed by atoms with Crippen LogP contribution in [-0.2, 0) is 14.3 Å². The highest BCUT2D eigenvalue weighted by Crippen LogP contribution is 2.16. The fraction of sp³-hybridized carbons (Fsp3) is 0.250. The molecule has 1 aromatic heterocycles. The van der Waals surface area contributed by atoms with Crippen LogP contribution in [0.4, 0.5) is 11.6 Å². The number of amides is 1. The first-order valence-electron chi connectivity index (χ1n) is 7.38. The van der Waals surface area contributed by atoms with Gasteiger partial charge in [0.05, 0.1) is 17.9 Å². The van der Waals surface area contributed by atoms with Crippen LogP contribution in [0.25, 0.3) is 0 Å². The Morgan fingerprint density at radius 1 is 1.16 bits per heavy atom. The predicted octanol–water partition coefficient (Wildman–Crippen LogP) is 1.54. The average molecular weight is 347 g/mol. The van der Waals surface area contributed by atoms with Crippen LogP contribution in [0.2, 0.25) is 0 Å². The SMILES string of the molecule is CCOC(=O)c1ccc(NC(=O)COC(=O)c2c(C)noc2N)cc1. The van der Waals surface area contributed by atoms with E-state index in [0.717, 1.165) is 0 Å². The zero-order chi connectivity index (χ0) is 18.4. The molecule has 3 N–H and O–H groups in total. The van der Waals surface area contributed by atoms with Gasteiger partial charge in [-0.05, 0) is 38.1 Å². The molecule has 1 amide bonds. The lowest BCUT2D eigenvalue weighted by molar-refractivity contribution is -0.119. The molecule has 0 saturated carbocycles. The Bertz CT molecular complexity index is 762. The monoisotopic (exact) mass is 347 g/mol.